The molecule has 0 aromatic carbocycles. The molecule has 0 heterocycles. The molecule has 0 bridgehead atoms. The second-order valence-electron chi connectivity index (χ2n) is 14.3. The molecule has 0 heteroatoms. The maximum absolute atomic E-state index is 2.39. The van der Waals surface area contributed by atoms with Crippen LogP contribution in [0, 0.1) is 39.4 Å². The minimum atomic E-state index is 0. The van der Waals surface area contributed by atoms with Crippen molar-refractivity contribution in [2.24, 2.45) is 39.4 Å². The Kier molecular flexibility index (Phi) is 12.3. The van der Waals surface area contributed by atoms with E-state index >= 15 is 0 Å². The normalized spacial score (nSPS) is 23.9. The zero-order valence-corrected chi connectivity index (χ0v) is 21.7. The average Bonchev–Trinajstić information content (AvgIpc) is 3.08. The van der Waals surface area contributed by atoms with E-state index in [4.69, 9.17) is 0 Å². The Morgan fingerprint density at radius 1 is 0.429 bits per heavy atom. The van der Waals surface area contributed by atoms with Crippen LogP contribution in [-0.2, 0) is 0 Å². The van der Waals surface area contributed by atoms with Gasteiger partial charge in [0.1, 0.15) is 0 Å². The molecule has 2 fully saturated rings. The highest BCUT2D eigenvalue weighted by atomic mass is 14.4. The van der Waals surface area contributed by atoms with E-state index in [0.29, 0.717) is 21.7 Å². The molecule has 0 aromatic rings. The monoisotopic (exact) mass is 396 g/mol. The predicted molar refractivity (Wildman–Crippen MR) is 133 cm³/mol. The van der Waals surface area contributed by atoms with Crippen LogP contribution in [0.15, 0.2) is 0 Å². The van der Waals surface area contributed by atoms with E-state index in [0.717, 1.165) is 17.8 Å². The molecule has 0 nitrogen and oxygen atoms in total. The van der Waals surface area contributed by atoms with Crippen LogP contribution in [0.3, 0.4) is 0 Å². The van der Waals surface area contributed by atoms with E-state index in [1.54, 1.807) is 0 Å². The molecule has 0 amide bonds. The van der Waals surface area contributed by atoms with Crippen molar-refractivity contribution < 1.29 is 0 Å². The van der Waals surface area contributed by atoms with Gasteiger partial charge in [0, 0.05) is 0 Å². The standard InChI is InChI=1S/C13H26.C9H18.C5H12.CH4/c1-12(2,3)10-7-8-11(9-10)13(4,5)6;1-9(2,3)8-6-4-5-7-8;1-5(2,3)4;/h10-11H,7-9H2,1-6H3;8H,4-7H2,1-3H3;1-4H3;1H4. The van der Waals surface area contributed by atoms with Crippen LogP contribution >= 0.6 is 0 Å². The Labute approximate surface area is 182 Å². The van der Waals surface area contributed by atoms with Gasteiger partial charge in [0.05, 0.1) is 0 Å². The van der Waals surface area contributed by atoms with Gasteiger partial charge in [0.2, 0.25) is 0 Å². The highest BCUT2D eigenvalue weighted by molar-refractivity contribution is 4.88. The molecular weight excluding hydrogens is 336 g/mol. The second kappa shape index (κ2) is 11.4. The van der Waals surface area contributed by atoms with Crippen molar-refractivity contribution in [2.45, 2.75) is 142 Å². The minimum Gasteiger partial charge on any atom is -0.0776 e. The molecule has 2 aliphatic carbocycles. The summed E-state index contributed by atoms with van der Waals surface area (Å²) >= 11 is 0. The van der Waals surface area contributed by atoms with Crippen LogP contribution in [0.25, 0.3) is 0 Å². The van der Waals surface area contributed by atoms with Crippen LogP contribution in [-0.4, -0.2) is 0 Å². The molecule has 0 radical (unpaired) electrons. The number of hydrogen-bond acceptors (Lipinski definition) is 0. The maximum atomic E-state index is 2.39. The predicted octanol–water partition coefficient (Wildman–Crippen LogP) is 10.4. The number of hydrogen-bond donors (Lipinski definition) is 0. The molecule has 0 saturated heterocycles. The summed E-state index contributed by atoms with van der Waals surface area (Å²) in [5.41, 5.74) is 2.14. The summed E-state index contributed by atoms with van der Waals surface area (Å²) in [5.74, 6) is 2.92. The lowest BCUT2D eigenvalue weighted by Crippen LogP contribution is -2.21. The molecule has 2 atom stereocenters. The topological polar surface area (TPSA) is 0 Å². The Balaban J connectivity index is 0. The summed E-state index contributed by atoms with van der Waals surface area (Å²) in [5, 5.41) is 0. The molecule has 2 unspecified atom stereocenters. The summed E-state index contributed by atoms with van der Waals surface area (Å²) in [4.78, 5) is 0. The highest BCUT2D eigenvalue weighted by Crippen LogP contribution is 2.48. The zero-order valence-electron chi connectivity index (χ0n) is 21.7. The molecular formula is C28H60. The van der Waals surface area contributed by atoms with E-state index in [-0.39, 0.29) is 7.43 Å². The largest absolute Gasteiger partial charge is 0.0776 e. The fourth-order valence-electron chi connectivity index (χ4n) is 4.35. The molecule has 0 N–H and O–H groups in total. The van der Waals surface area contributed by atoms with Crippen molar-refractivity contribution in [2.75, 3.05) is 0 Å². The minimum absolute atomic E-state index is 0. The second-order valence-corrected chi connectivity index (χ2v) is 14.3. The summed E-state index contributed by atoms with van der Waals surface area (Å²) in [6.45, 7) is 30.2. The average molecular weight is 397 g/mol. The fraction of sp³-hybridized carbons (Fsp3) is 1.00. The van der Waals surface area contributed by atoms with Crippen molar-refractivity contribution in [3.63, 3.8) is 0 Å². The van der Waals surface area contributed by atoms with Crippen LogP contribution in [0.2, 0.25) is 0 Å². The Morgan fingerprint density at radius 3 is 0.821 bits per heavy atom. The third-order valence-electron chi connectivity index (χ3n) is 6.46. The van der Waals surface area contributed by atoms with Gasteiger partial charge in [-0.1, -0.05) is 110 Å². The van der Waals surface area contributed by atoms with Crippen LogP contribution in [0.1, 0.15) is 142 Å². The van der Waals surface area contributed by atoms with Gasteiger partial charge in [-0.2, -0.15) is 0 Å². The summed E-state index contributed by atoms with van der Waals surface area (Å²) < 4.78 is 0. The lowest BCUT2D eigenvalue weighted by Gasteiger charge is -2.30. The Bertz CT molecular complexity index is 356. The van der Waals surface area contributed by atoms with Gasteiger partial charge < -0.3 is 0 Å². The number of rotatable bonds is 0. The first-order chi connectivity index (χ1) is 11.8. The van der Waals surface area contributed by atoms with Crippen molar-refractivity contribution in [3.05, 3.63) is 0 Å². The summed E-state index contributed by atoms with van der Waals surface area (Å²) in [7, 11) is 0. The first-order valence-electron chi connectivity index (χ1n) is 11.8. The van der Waals surface area contributed by atoms with E-state index < -0.39 is 0 Å². The van der Waals surface area contributed by atoms with Crippen molar-refractivity contribution in [1.82, 2.24) is 0 Å². The third-order valence-corrected chi connectivity index (χ3v) is 6.46. The van der Waals surface area contributed by atoms with Gasteiger partial charge in [0.25, 0.3) is 0 Å². The molecule has 2 aliphatic rings. The van der Waals surface area contributed by atoms with Gasteiger partial charge in [-0.25, -0.2) is 0 Å². The SMILES string of the molecule is C.CC(C)(C)C.CC(C)(C)C1CCC(C(C)(C)C)C1.CC(C)(C)C1CCCC1. The first kappa shape index (κ1) is 30.2. The van der Waals surface area contributed by atoms with Gasteiger partial charge in [-0.05, 0) is 71.5 Å². The molecule has 172 valence electrons. The van der Waals surface area contributed by atoms with E-state index in [2.05, 4.69) is 90.0 Å². The fourth-order valence-corrected chi connectivity index (χ4v) is 4.35. The summed E-state index contributed by atoms with van der Waals surface area (Å²) in [6, 6.07) is 0. The van der Waals surface area contributed by atoms with Gasteiger partial charge in [-0.15, -0.1) is 0 Å². The van der Waals surface area contributed by atoms with Gasteiger partial charge >= 0.3 is 0 Å². The van der Waals surface area contributed by atoms with E-state index in [1.165, 1.54) is 44.9 Å². The molecule has 2 rings (SSSR count). The Morgan fingerprint density at radius 2 is 0.679 bits per heavy atom. The zero-order chi connectivity index (χ0) is 21.7. The molecule has 2 saturated carbocycles. The van der Waals surface area contributed by atoms with Gasteiger partial charge in [0.15, 0.2) is 0 Å². The lowest BCUT2D eigenvalue weighted by molar-refractivity contribution is 0.197. The first-order valence-corrected chi connectivity index (χ1v) is 11.8. The highest BCUT2D eigenvalue weighted by Gasteiger charge is 2.37. The Hall–Kier alpha value is 0. The van der Waals surface area contributed by atoms with Gasteiger partial charge in [-0.3, -0.25) is 0 Å². The van der Waals surface area contributed by atoms with Crippen molar-refractivity contribution in [1.29, 1.82) is 0 Å². The molecule has 0 aromatic heterocycles. The molecule has 0 spiro atoms. The summed E-state index contributed by atoms with van der Waals surface area (Å²) in [6.07, 6.45) is 10.3. The van der Waals surface area contributed by atoms with Crippen molar-refractivity contribution in [3.8, 4) is 0 Å². The van der Waals surface area contributed by atoms with Crippen molar-refractivity contribution >= 4 is 0 Å². The van der Waals surface area contributed by atoms with Crippen LogP contribution < -0.4 is 0 Å². The third kappa shape index (κ3) is 14.1. The quantitative estimate of drug-likeness (QED) is 0.382. The maximum Gasteiger partial charge on any atom is -0.0354 e. The van der Waals surface area contributed by atoms with E-state index in [1.807, 2.05) is 0 Å². The van der Waals surface area contributed by atoms with E-state index in [9.17, 15) is 0 Å². The molecule has 28 heavy (non-hydrogen) atoms. The lowest BCUT2D eigenvalue weighted by atomic mass is 9.75. The smallest absolute Gasteiger partial charge is 0.0354 e. The van der Waals surface area contributed by atoms with Crippen LogP contribution in [0.5, 0.6) is 0 Å². The van der Waals surface area contributed by atoms with Crippen LogP contribution in [0.4, 0.5) is 0 Å². The molecule has 0 aliphatic heterocycles.